The summed E-state index contributed by atoms with van der Waals surface area (Å²) in [5, 5.41) is 26.3. The van der Waals surface area contributed by atoms with E-state index in [9.17, 15) is 8.78 Å². The van der Waals surface area contributed by atoms with E-state index in [0.29, 0.717) is 0 Å². The second kappa shape index (κ2) is 3.79. The van der Waals surface area contributed by atoms with Crippen molar-refractivity contribution < 1.29 is 24.1 Å². The lowest BCUT2D eigenvalue weighted by molar-refractivity contribution is -0.0271. The van der Waals surface area contributed by atoms with E-state index >= 15 is 0 Å². The fourth-order valence-corrected chi connectivity index (χ4v) is 1.04. The topological polar surface area (TPSA) is 60.7 Å². The molecular formula is C9H10F2O3. The Morgan fingerprint density at radius 1 is 1.14 bits per heavy atom. The zero-order chi connectivity index (χ0) is 10.8. The molecule has 0 radical (unpaired) electrons. The van der Waals surface area contributed by atoms with E-state index < -0.39 is 36.0 Å². The molecule has 0 bridgehead atoms. The second-order valence-corrected chi connectivity index (χ2v) is 2.88. The molecule has 1 aromatic carbocycles. The third-order valence-corrected chi connectivity index (χ3v) is 1.82. The summed E-state index contributed by atoms with van der Waals surface area (Å²) < 4.78 is 26.2. The standard InChI is InChI=1S/C9H10F2O3/c10-9(11,3-4-12)6-1-2-7(13)8(14)5-6/h1-2,5,12-14H,3-4H2. The average molecular weight is 204 g/mol. The van der Waals surface area contributed by atoms with E-state index in [2.05, 4.69) is 0 Å². The quantitative estimate of drug-likeness (QED) is 0.655. The lowest BCUT2D eigenvalue weighted by Crippen LogP contribution is -2.14. The van der Waals surface area contributed by atoms with E-state index in [1.165, 1.54) is 0 Å². The molecule has 0 aliphatic rings. The van der Waals surface area contributed by atoms with E-state index in [-0.39, 0.29) is 0 Å². The van der Waals surface area contributed by atoms with Crippen molar-refractivity contribution in [2.45, 2.75) is 12.3 Å². The van der Waals surface area contributed by atoms with Gasteiger partial charge < -0.3 is 15.3 Å². The molecule has 0 amide bonds. The first-order chi connectivity index (χ1) is 6.47. The number of alkyl halides is 2. The fourth-order valence-electron chi connectivity index (χ4n) is 1.04. The smallest absolute Gasteiger partial charge is 0.275 e. The summed E-state index contributed by atoms with van der Waals surface area (Å²) in [6, 6.07) is 2.77. The second-order valence-electron chi connectivity index (χ2n) is 2.88. The molecule has 78 valence electrons. The van der Waals surface area contributed by atoms with Crippen LogP contribution in [0.25, 0.3) is 0 Å². The van der Waals surface area contributed by atoms with Gasteiger partial charge in [-0.05, 0) is 18.2 Å². The highest BCUT2D eigenvalue weighted by atomic mass is 19.3. The molecular weight excluding hydrogens is 194 g/mol. The molecule has 0 unspecified atom stereocenters. The first-order valence-corrected chi connectivity index (χ1v) is 3.98. The molecule has 0 aliphatic heterocycles. The van der Waals surface area contributed by atoms with E-state index in [4.69, 9.17) is 15.3 Å². The normalized spacial score (nSPS) is 11.6. The maximum absolute atomic E-state index is 13.1. The Morgan fingerprint density at radius 3 is 2.29 bits per heavy atom. The Morgan fingerprint density at radius 2 is 1.79 bits per heavy atom. The van der Waals surface area contributed by atoms with Crippen LogP contribution in [-0.2, 0) is 5.92 Å². The number of halogens is 2. The molecule has 3 N–H and O–H groups in total. The van der Waals surface area contributed by atoms with E-state index in [1.807, 2.05) is 0 Å². The molecule has 1 aromatic rings. The van der Waals surface area contributed by atoms with Crippen molar-refractivity contribution in [1.29, 1.82) is 0 Å². The predicted molar refractivity (Wildman–Crippen MR) is 45.4 cm³/mol. The Balaban J connectivity index is 3.01. The maximum atomic E-state index is 13.1. The van der Waals surface area contributed by atoms with Crippen LogP contribution in [0.5, 0.6) is 11.5 Å². The fraction of sp³-hybridized carbons (Fsp3) is 0.333. The lowest BCUT2D eigenvalue weighted by Gasteiger charge is -2.15. The summed E-state index contributed by atoms with van der Waals surface area (Å²) in [5.41, 5.74) is -0.429. The Kier molecular flexibility index (Phi) is 2.90. The summed E-state index contributed by atoms with van der Waals surface area (Å²) in [7, 11) is 0. The van der Waals surface area contributed by atoms with Crippen molar-refractivity contribution in [2.24, 2.45) is 0 Å². The summed E-state index contributed by atoms with van der Waals surface area (Å²) in [6.07, 6.45) is -0.711. The van der Waals surface area contributed by atoms with Crippen LogP contribution in [0, 0.1) is 0 Å². The number of aliphatic hydroxyl groups is 1. The monoisotopic (exact) mass is 204 g/mol. The van der Waals surface area contributed by atoms with Crippen molar-refractivity contribution in [1.82, 2.24) is 0 Å². The molecule has 5 heteroatoms. The average Bonchev–Trinajstić information content (AvgIpc) is 2.09. The summed E-state index contributed by atoms with van der Waals surface area (Å²) in [4.78, 5) is 0. The van der Waals surface area contributed by atoms with Crippen LogP contribution in [0.15, 0.2) is 18.2 Å². The van der Waals surface area contributed by atoms with Crippen LogP contribution in [0.1, 0.15) is 12.0 Å². The Hall–Kier alpha value is -1.36. The van der Waals surface area contributed by atoms with Crippen molar-refractivity contribution in [2.75, 3.05) is 6.61 Å². The highest BCUT2D eigenvalue weighted by Gasteiger charge is 2.31. The van der Waals surface area contributed by atoms with Gasteiger partial charge in [0.15, 0.2) is 11.5 Å². The molecule has 0 spiro atoms. The molecule has 0 atom stereocenters. The zero-order valence-corrected chi connectivity index (χ0v) is 7.24. The maximum Gasteiger partial charge on any atom is 0.275 e. The van der Waals surface area contributed by atoms with E-state index in [0.717, 1.165) is 18.2 Å². The number of hydrogen-bond donors (Lipinski definition) is 3. The van der Waals surface area contributed by atoms with Crippen molar-refractivity contribution >= 4 is 0 Å². The van der Waals surface area contributed by atoms with Crippen molar-refractivity contribution in [3.8, 4) is 11.5 Å². The van der Waals surface area contributed by atoms with Crippen LogP contribution in [0.2, 0.25) is 0 Å². The number of phenols is 2. The molecule has 3 nitrogen and oxygen atoms in total. The summed E-state index contributed by atoms with van der Waals surface area (Å²) >= 11 is 0. The first-order valence-electron chi connectivity index (χ1n) is 3.98. The molecule has 14 heavy (non-hydrogen) atoms. The van der Waals surface area contributed by atoms with Crippen LogP contribution >= 0.6 is 0 Å². The Bertz CT molecular complexity index is 326. The minimum absolute atomic E-state index is 0.429. The van der Waals surface area contributed by atoms with Crippen LogP contribution in [0.3, 0.4) is 0 Å². The van der Waals surface area contributed by atoms with Gasteiger partial charge in [0.1, 0.15) is 0 Å². The van der Waals surface area contributed by atoms with Gasteiger partial charge in [-0.3, -0.25) is 0 Å². The number of hydrogen-bond acceptors (Lipinski definition) is 3. The minimum Gasteiger partial charge on any atom is -0.504 e. The van der Waals surface area contributed by atoms with Gasteiger partial charge in [-0.25, -0.2) is 8.78 Å². The van der Waals surface area contributed by atoms with Crippen LogP contribution in [0.4, 0.5) is 8.78 Å². The van der Waals surface area contributed by atoms with Gasteiger partial charge in [0, 0.05) is 18.6 Å². The molecule has 0 saturated carbocycles. The highest BCUT2D eigenvalue weighted by Crippen LogP contribution is 2.35. The molecule has 0 fully saturated rings. The Labute approximate surface area is 79.2 Å². The lowest BCUT2D eigenvalue weighted by atomic mass is 10.1. The van der Waals surface area contributed by atoms with Gasteiger partial charge in [0.2, 0.25) is 0 Å². The number of aromatic hydroxyl groups is 2. The molecule has 0 saturated heterocycles. The van der Waals surface area contributed by atoms with Gasteiger partial charge in [-0.15, -0.1) is 0 Å². The summed E-state index contributed by atoms with van der Waals surface area (Å²) in [5.74, 6) is -4.24. The number of aliphatic hydroxyl groups excluding tert-OH is 1. The minimum atomic E-state index is -3.19. The molecule has 0 aromatic heterocycles. The van der Waals surface area contributed by atoms with Gasteiger partial charge in [-0.1, -0.05) is 0 Å². The molecule has 0 aliphatic carbocycles. The van der Waals surface area contributed by atoms with Crippen molar-refractivity contribution in [3.63, 3.8) is 0 Å². The van der Waals surface area contributed by atoms with Crippen molar-refractivity contribution in [3.05, 3.63) is 23.8 Å². The SMILES string of the molecule is OCCC(F)(F)c1ccc(O)c(O)c1. The molecule has 0 heterocycles. The zero-order valence-electron chi connectivity index (χ0n) is 7.24. The van der Waals surface area contributed by atoms with Gasteiger partial charge >= 0.3 is 0 Å². The highest BCUT2D eigenvalue weighted by molar-refractivity contribution is 5.41. The first kappa shape index (κ1) is 10.7. The molecule has 1 rings (SSSR count). The third kappa shape index (κ3) is 2.11. The number of phenolic OH excluding ortho intramolecular Hbond substituents is 2. The predicted octanol–water partition coefficient (Wildman–Crippen LogP) is 1.57. The van der Waals surface area contributed by atoms with Crippen LogP contribution < -0.4 is 0 Å². The third-order valence-electron chi connectivity index (χ3n) is 1.82. The number of benzene rings is 1. The largest absolute Gasteiger partial charge is 0.504 e. The van der Waals surface area contributed by atoms with Gasteiger partial charge in [-0.2, -0.15) is 0 Å². The van der Waals surface area contributed by atoms with Gasteiger partial charge in [0.25, 0.3) is 5.92 Å². The van der Waals surface area contributed by atoms with E-state index in [1.54, 1.807) is 0 Å². The summed E-state index contributed by atoms with van der Waals surface area (Å²) in [6.45, 7) is -0.644. The van der Waals surface area contributed by atoms with Gasteiger partial charge in [0.05, 0.1) is 0 Å². The van der Waals surface area contributed by atoms with Crippen LogP contribution in [-0.4, -0.2) is 21.9 Å². The number of rotatable bonds is 3.